The lowest BCUT2D eigenvalue weighted by Gasteiger charge is -2.12. The molecule has 1 atom stereocenters. The second-order valence-corrected chi connectivity index (χ2v) is 3.46. The lowest BCUT2D eigenvalue weighted by molar-refractivity contribution is 0.579. The largest absolute Gasteiger partial charge is 0.305 e. The van der Waals surface area contributed by atoms with Gasteiger partial charge in [-0.25, -0.2) is 4.39 Å². The molecule has 0 fully saturated rings. The molecule has 0 aliphatic carbocycles. The second-order valence-electron chi connectivity index (χ2n) is 3.46. The van der Waals surface area contributed by atoms with Crippen molar-refractivity contribution in [1.29, 1.82) is 0 Å². The van der Waals surface area contributed by atoms with Crippen LogP contribution in [-0.4, -0.2) is 11.5 Å². The Labute approximate surface area is 83.9 Å². The third-order valence-corrected chi connectivity index (χ3v) is 1.90. The summed E-state index contributed by atoms with van der Waals surface area (Å²) in [7, 11) is 0. The van der Waals surface area contributed by atoms with Crippen LogP contribution < -0.4 is 5.32 Å². The normalized spacial score (nSPS) is 12.5. The molecule has 0 amide bonds. The zero-order valence-electron chi connectivity index (χ0n) is 8.55. The molecule has 14 heavy (non-hydrogen) atoms. The van der Waals surface area contributed by atoms with E-state index in [0.717, 1.165) is 17.8 Å². The SMILES string of the molecule is C=C(C)CNC(C)c1ccc(F)cn1. The Balaban J connectivity index is 2.56. The van der Waals surface area contributed by atoms with Crippen molar-refractivity contribution >= 4 is 0 Å². The standard InChI is InChI=1S/C11H15FN2/c1-8(2)6-13-9(3)11-5-4-10(12)7-14-11/h4-5,7,9,13H,1,6H2,2-3H3. The highest BCUT2D eigenvalue weighted by Crippen LogP contribution is 2.09. The molecule has 2 nitrogen and oxygen atoms in total. The summed E-state index contributed by atoms with van der Waals surface area (Å²) in [4.78, 5) is 3.99. The van der Waals surface area contributed by atoms with Crippen LogP contribution in [0.1, 0.15) is 25.6 Å². The van der Waals surface area contributed by atoms with E-state index in [9.17, 15) is 4.39 Å². The number of halogens is 1. The molecule has 0 saturated heterocycles. The average Bonchev–Trinajstić information content (AvgIpc) is 2.15. The molecule has 76 valence electrons. The number of rotatable bonds is 4. The fraction of sp³-hybridized carbons (Fsp3) is 0.364. The van der Waals surface area contributed by atoms with Gasteiger partial charge in [0.2, 0.25) is 0 Å². The number of nitrogens with zero attached hydrogens (tertiary/aromatic N) is 1. The van der Waals surface area contributed by atoms with Crippen molar-refractivity contribution < 1.29 is 4.39 Å². The van der Waals surface area contributed by atoms with Gasteiger partial charge in [-0.3, -0.25) is 4.98 Å². The van der Waals surface area contributed by atoms with E-state index in [1.807, 2.05) is 13.8 Å². The fourth-order valence-electron chi connectivity index (χ4n) is 1.08. The fourth-order valence-corrected chi connectivity index (χ4v) is 1.08. The lowest BCUT2D eigenvalue weighted by atomic mass is 10.2. The first-order chi connectivity index (χ1) is 6.59. The molecule has 1 rings (SSSR count). The van der Waals surface area contributed by atoms with Crippen LogP contribution in [0.2, 0.25) is 0 Å². The Bertz CT molecular complexity index is 306. The Hall–Kier alpha value is -1.22. The molecule has 0 bridgehead atoms. The van der Waals surface area contributed by atoms with Crippen LogP contribution in [0.15, 0.2) is 30.5 Å². The molecule has 0 radical (unpaired) electrons. The smallest absolute Gasteiger partial charge is 0.141 e. The highest BCUT2D eigenvalue weighted by molar-refractivity contribution is 5.09. The number of nitrogens with one attached hydrogen (secondary N) is 1. The van der Waals surface area contributed by atoms with Crippen LogP contribution in [0.25, 0.3) is 0 Å². The quantitative estimate of drug-likeness (QED) is 0.745. The molecule has 0 saturated carbocycles. The van der Waals surface area contributed by atoms with Crippen molar-refractivity contribution in [2.24, 2.45) is 0 Å². The third-order valence-electron chi connectivity index (χ3n) is 1.90. The van der Waals surface area contributed by atoms with Crippen molar-refractivity contribution in [1.82, 2.24) is 10.3 Å². The zero-order chi connectivity index (χ0) is 10.6. The van der Waals surface area contributed by atoms with E-state index in [4.69, 9.17) is 0 Å². The van der Waals surface area contributed by atoms with E-state index in [2.05, 4.69) is 16.9 Å². The molecule has 1 aromatic rings. The van der Waals surface area contributed by atoms with Crippen molar-refractivity contribution in [3.05, 3.63) is 42.0 Å². The van der Waals surface area contributed by atoms with Crippen LogP contribution in [0.3, 0.4) is 0 Å². The second kappa shape index (κ2) is 4.86. The van der Waals surface area contributed by atoms with Crippen LogP contribution in [-0.2, 0) is 0 Å². The first-order valence-corrected chi connectivity index (χ1v) is 4.59. The van der Waals surface area contributed by atoms with Crippen molar-refractivity contribution in [3.8, 4) is 0 Å². The van der Waals surface area contributed by atoms with Gasteiger partial charge in [0.05, 0.1) is 11.9 Å². The lowest BCUT2D eigenvalue weighted by Crippen LogP contribution is -2.21. The topological polar surface area (TPSA) is 24.9 Å². The molecule has 1 N–H and O–H groups in total. The van der Waals surface area contributed by atoms with E-state index in [1.54, 1.807) is 6.07 Å². The molecular weight excluding hydrogens is 179 g/mol. The van der Waals surface area contributed by atoms with Gasteiger partial charge in [0.25, 0.3) is 0 Å². The first kappa shape index (κ1) is 10.9. The maximum atomic E-state index is 12.6. The van der Waals surface area contributed by atoms with Crippen molar-refractivity contribution in [2.75, 3.05) is 6.54 Å². The highest BCUT2D eigenvalue weighted by Gasteiger charge is 2.05. The Kier molecular flexibility index (Phi) is 3.77. The molecule has 0 aromatic carbocycles. The summed E-state index contributed by atoms with van der Waals surface area (Å²) in [5.41, 5.74) is 1.91. The van der Waals surface area contributed by atoms with Gasteiger partial charge in [-0.15, -0.1) is 0 Å². The summed E-state index contributed by atoms with van der Waals surface area (Å²) in [6.07, 6.45) is 1.23. The summed E-state index contributed by atoms with van der Waals surface area (Å²) in [5, 5.41) is 3.23. The van der Waals surface area contributed by atoms with Gasteiger partial charge in [-0.2, -0.15) is 0 Å². The summed E-state index contributed by atoms with van der Waals surface area (Å²) in [5.74, 6) is -0.305. The van der Waals surface area contributed by atoms with Gasteiger partial charge in [-0.05, 0) is 26.0 Å². The Morgan fingerprint density at radius 2 is 2.36 bits per heavy atom. The number of hydrogen-bond acceptors (Lipinski definition) is 2. The molecule has 1 unspecified atom stereocenters. The number of pyridine rings is 1. The van der Waals surface area contributed by atoms with Crippen LogP contribution in [0.4, 0.5) is 4.39 Å². The molecular formula is C11H15FN2. The summed E-state index contributed by atoms with van der Waals surface area (Å²) in [6.45, 7) is 8.49. The van der Waals surface area contributed by atoms with Gasteiger partial charge >= 0.3 is 0 Å². The summed E-state index contributed by atoms with van der Waals surface area (Å²) >= 11 is 0. The van der Waals surface area contributed by atoms with Gasteiger partial charge < -0.3 is 5.32 Å². The zero-order valence-corrected chi connectivity index (χ0v) is 8.55. The van der Waals surface area contributed by atoms with E-state index < -0.39 is 0 Å². The highest BCUT2D eigenvalue weighted by atomic mass is 19.1. The Morgan fingerprint density at radius 3 is 2.86 bits per heavy atom. The summed E-state index contributed by atoms with van der Waals surface area (Å²) < 4.78 is 12.6. The minimum atomic E-state index is -0.305. The average molecular weight is 194 g/mol. The molecule has 3 heteroatoms. The predicted molar refractivity (Wildman–Crippen MR) is 55.4 cm³/mol. The van der Waals surface area contributed by atoms with E-state index in [0.29, 0.717) is 0 Å². The molecule has 0 spiro atoms. The monoisotopic (exact) mass is 194 g/mol. The Morgan fingerprint density at radius 1 is 1.64 bits per heavy atom. The van der Waals surface area contributed by atoms with E-state index >= 15 is 0 Å². The summed E-state index contributed by atoms with van der Waals surface area (Å²) in [6, 6.07) is 3.22. The molecule has 1 heterocycles. The van der Waals surface area contributed by atoms with E-state index in [1.165, 1.54) is 12.3 Å². The van der Waals surface area contributed by atoms with Crippen molar-refractivity contribution in [3.63, 3.8) is 0 Å². The third kappa shape index (κ3) is 3.26. The minimum absolute atomic E-state index is 0.118. The van der Waals surface area contributed by atoms with Crippen LogP contribution in [0, 0.1) is 5.82 Å². The maximum Gasteiger partial charge on any atom is 0.141 e. The van der Waals surface area contributed by atoms with Gasteiger partial charge in [0.1, 0.15) is 5.82 Å². The molecule has 1 aromatic heterocycles. The van der Waals surface area contributed by atoms with Gasteiger partial charge in [-0.1, -0.05) is 12.2 Å². The predicted octanol–water partition coefficient (Wildman–Crippen LogP) is 2.45. The van der Waals surface area contributed by atoms with Crippen LogP contribution in [0.5, 0.6) is 0 Å². The maximum absolute atomic E-state index is 12.6. The van der Waals surface area contributed by atoms with Crippen LogP contribution >= 0.6 is 0 Å². The molecule has 0 aliphatic rings. The molecule has 0 aliphatic heterocycles. The minimum Gasteiger partial charge on any atom is -0.305 e. The number of hydrogen-bond donors (Lipinski definition) is 1. The first-order valence-electron chi connectivity index (χ1n) is 4.59. The van der Waals surface area contributed by atoms with Crippen molar-refractivity contribution in [2.45, 2.75) is 19.9 Å². The van der Waals surface area contributed by atoms with Gasteiger partial charge in [0.15, 0.2) is 0 Å². The van der Waals surface area contributed by atoms with E-state index in [-0.39, 0.29) is 11.9 Å². The number of aromatic nitrogens is 1. The van der Waals surface area contributed by atoms with Gasteiger partial charge in [0, 0.05) is 12.6 Å².